The van der Waals surface area contributed by atoms with E-state index in [1.807, 2.05) is 61.5 Å². The first kappa shape index (κ1) is 21.9. The number of hydrogen-bond donors (Lipinski definition) is 1. The van der Waals surface area contributed by atoms with Crippen molar-refractivity contribution in [3.8, 4) is 17.2 Å². The molecular formula is C25H25NO5. The van der Waals surface area contributed by atoms with Gasteiger partial charge < -0.3 is 19.4 Å². The van der Waals surface area contributed by atoms with E-state index in [4.69, 9.17) is 19.4 Å². The Kier molecular flexibility index (Phi) is 8.05. The Bertz CT molecular complexity index is 1000. The fraction of sp³-hybridized carbons (Fsp3) is 0.200. The molecule has 0 saturated carbocycles. The highest BCUT2D eigenvalue weighted by molar-refractivity contribution is 6.00. The maximum atomic E-state index is 10.8. The summed E-state index contributed by atoms with van der Waals surface area (Å²) < 4.78 is 11.4. The van der Waals surface area contributed by atoms with Crippen LogP contribution in [-0.2, 0) is 16.1 Å². The molecule has 3 aromatic rings. The number of hydrogen-bond acceptors (Lipinski definition) is 5. The lowest BCUT2D eigenvalue weighted by Crippen LogP contribution is -2.07. The summed E-state index contributed by atoms with van der Waals surface area (Å²) >= 11 is 0. The molecule has 0 atom stereocenters. The van der Waals surface area contributed by atoms with Gasteiger partial charge in [0.05, 0.1) is 12.1 Å². The van der Waals surface area contributed by atoms with Gasteiger partial charge in [0, 0.05) is 0 Å². The average molecular weight is 419 g/mol. The lowest BCUT2D eigenvalue weighted by molar-refractivity contribution is -0.136. The van der Waals surface area contributed by atoms with E-state index < -0.39 is 5.97 Å². The SMILES string of the molecule is CCC(=NOCCOc1cccc(CC(=O)O)c1)c1ccc(Oc2ccccc2)cc1. The lowest BCUT2D eigenvalue weighted by Gasteiger charge is -2.09. The van der Waals surface area contributed by atoms with E-state index in [0.717, 1.165) is 29.2 Å². The third-order valence-electron chi connectivity index (χ3n) is 4.37. The van der Waals surface area contributed by atoms with Gasteiger partial charge in [0.1, 0.15) is 23.9 Å². The highest BCUT2D eigenvalue weighted by Gasteiger charge is 2.05. The van der Waals surface area contributed by atoms with Crippen molar-refractivity contribution in [2.24, 2.45) is 5.16 Å². The maximum absolute atomic E-state index is 10.8. The Morgan fingerprint density at radius 2 is 1.58 bits per heavy atom. The number of oxime groups is 1. The average Bonchev–Trinajstić information content (AvgIpc) is 2.77. The second kappa shape index (κ2) is 11.4. The summed E-state index contributed by atoms with van der Waals surface area (Å²) in [6.45, 7) is 2.60. The maximum Gasteiger partial charge on any atom is 0.307 e. The van der Waals surface area contributed by atoms with Crippen LogP contribution in [0.5, 0.6) is 17.2 Å². The number of carboxylic acid groups (broad SMARTS) is 1. The molecule has 0 unspecified atom stereocenters. The van der Waals surface area contributed by atoms with Crippen LogP contribution in [0.25, 0.3) is 0 Å². The molecule has 0 heterocycles. The summed E-state index contributed by atoms with van der Waals surface area (Å²) in [4.78, 5) is 16.2. The Morgan fingerprint density at radius 1 is 0.871 bits per heavy atom. The third-order valence-corrected chi connectivity index (χ3v) is 4.37. The normalized spacial score (nSPS) is 11.1. The molecule has 0 aliphatic carbocycles. The van der Waals surface area contributed by atoms with Crippen molar-refractivity contribution >= 4 is 11.7 Å². The first-order chi connectivity index (χ1) is 15.1. The molecule has 0 fully saturated rings. The molecule has 0 aliphatic rings. The molecule has 0 radical (unpaired) electrons. The van der Waals surface area contributed by atoms with Crippen LogP contribution in [0.1, 0.15) is 24.5 Å². The van der Waals surface area contributed by atoms with E-state index in [0.29, 0.717) is 17.9 Å². The quantitative estimate of drug-likeness (QED) is 0.259. The van der Waals surface area contributed by atoms with E-state index in [9.17, 15) is 4.79 Å². The number of ether oxygens (including phenoxy) is 2. The first-order valence-electron chi connectivity index (χ1n) is 10.1. The molecule has 0 saturated heterocycles. The molecule has 3 rings (SSSR count). The van der Waals surface area contributed by atoms with Gasteiger partial charge in [-0.3, -0.25) is 4.79 Å². The zero-order valence-electron chi connectivity index (χ0n) is 17.4. The van der Waals surface area contributed by atoms with Gasteiger partial charge in [0.2, 0.25) is 0 Å². The molecule has 0 aromatic heterocycles. The third kappa shape index (κ3) is 7.19. The Morgan fingerprint density at radius 3 is 2.29 bits per heavy atom. The van der Waals surface area contributed by atoms with Crippen LogP contribution >= 0.6 is 0 Å². The van der Waals surface area contributed by atoms with E-state index in [2.05, 4.69) is 5.16 Å². The molecule has 0 bridgehead atoms. The molecule has 0 spiro atoms. The van der Waals surface area contributed by atoms with Crippen LogP contribution in [0, 0.1) is 0 Å². The minimum absolute atomic E-state index is 0.0347. The second-order valence-corrected chi connectivity index (χ2v) is 6.73. The van der Waals surface area contributed by atoms with E-state index in [1.165, 1.54) is 0 Å². The van der Waals surface area contributed by atoms with Crippen molar-refractivity contribution in [1.82, 2.24) is 0 Å². The lowest BCUT2D eigenvalue weighted by atomic mass is 10.1. The van der Waals surface area contributed by atoms with Crippen molar-refractivity contribution in [3.63, 3.8) is 0 Å². The highest BCUT2D eigenvalue weighted by Crippen LogP contribution is 2.21. The largest absolute Gasteiger partial charge is 0.490 e. The zero-order chi connectivity index (χ0) is 21.9. The van der Waals surface area contributed by atoms with Crippen LogP contribution in [-0.4, -0.2) is 30.0 Å². The van der Waals surface area contributed by atoms with Gasteiger partial charge in [-0.15, -0.1) is 0 Å². The summed E-state index contributed by atoms with van der Waals surface area (Å²) in [6, 6.07) is 24.4. The van der Waals surface area contributed by atoms with Gasteiger partial charge >= 0.3 is 5.97 Å². The topological polar surface area (TPSA) is 77.4 Å². The Balaban J connectivity index is 1.48. The Hall–Kier alpha value is -3.80. The van der Waals surface area contributed by atoms with Crippen LogP contribution in [0.2, 0.25) is 0 Å². The number of aliphatic carboxylic acids is 1. The first-order valence-corrected chi connectivity index (χ1v) is 10.1. The molecule has 6 heteroatoms. The molecule has 1 N–H and O–H groups in total. The minimum Gasteiger partial charge on any atom is -0.490 e. The standard InChI is InChI=1S/C25H25NO5/c1-2-24(20-11-13-22(14-12-20)31-21-8-4-3-5-9-21)26-30-16-15-29-23-10-6-7-19(17-23)18-25(27)28/h3-14,17H,2,15-16,18H2,1H3,(H,27,28). The summed E-state index contributed by atoms with van der Waals surface area (Å²) in [6.07, 6.45) is 0.685. The number of carboxylic acids is 1. The van der Waals surface area contributed by atoms with E-state index >= 15 is 0 Å². The molecular weight excluding hydrogens is 394 g/mol. The van der Waals surface area contributed by atoms with Crippen molar-refractivity contribution < 1.29 is 24.2 Å². The van der Waals surface area contributed by atoms with Gasteiger partial charge in [-0.25, -0.2) is 0 Å². The number of carbonyl (C=O) groups is 1. The monoisotopic (exact) mass is 419 g/mol. The second-order valence-electron chi connectivity index (χ2n) is 6.73. The molecule has 6 nitrogen and oxygen atoms in total. The van der Waals surface area contributed by atoms with Gasteiger partial charge in [-0.2, -0.15) is 0 Å². The molecule has 31 heavy (non-hydrogen) atoms. The van der Waals surface area contributed by atoms with Crippen molar-refractivity contribution in [1.29, 1.82) is 0 Å². The number of rotatable bonds is 11. The smallest absolute Gasteiger partial charge is 0.307 e. The van der Waals surface area contributed by atoms with Crippen LogP contribution in [0.4, 0.5) is 0 Å². The number of nitrogens with zero attached hydrogens (tertiary/aromatic N) is 1. The molecule has 0 amide bonds. The fourth-order valence-corrected chi connectivity index (χ4v) is 2.90. The Labute approximate surface area is 181 Å². The zero-order valence-corrected chi connectivity index (χ0v) is 17.4. The number of para-hydroxylation sites is 1. The van der Waals surface area contributed by atoms with Crippen molar-refractivity contribution in [2.45, 2.75) is 19.8 Å². The van der Waals surface area contributed by atoms with Crippen molar-refractivity contribution in [3.05, 3.63) is 90.0 Å². The predicted molar refractivity (Wildman–Crippen MR) is 119 cm³/mol. The summed E-state index contributed by atoms with van der Waals surface area (Å²) in [5, 5.41) is 13.1. The van der Waals surface area contributed by atoms with Crippen LogP contribution < -0.4 is 9.47 Å². The van der Waals surface area contributed by atoms with E-state index in [1.54, 1.807) is 24.3 Å². The van der Waals surface area contributed by atoms with Gasteiger partial charge in [-0.1, -0.05) is 42.4 Å². The predicted octanol–water partition coefficient (Wildman–Crippen LogP) is 5.32. The summed E-state index contributed by atoms with van der Waals surface area (Å²) in [5.74, 6) is 1.28. The summed E-state index contributed by atoms with van der Waals surface area (Å²) in [7, 11) is 0. The minimum atomic E-state index is -0.874. The van der Waals surface area contributed by atoms with Crippen molar-refractivity contribution in [2.75, 3.05) is 13.2 Å². The molecule has 3 aromatic carbocycles. The fourth-order valence-electron chi connectivity index (χ4n) is 2.90. The van der Waals surface area contributed by atoms with Crippen LogP contribution in [0.15, 0.2) is 84.0 Å². The molecule has 160 valence electrons. The molecule has 0 aliphatic heterocycles. The van der Waals surface area contributed by atoms with Crippen LogP contribution in [0.3, 0.4) is 0 Å². The van der Waals surface area contributed by atoms with Gasteiger partial charge in [0.25, 0.3) is 0 Å². The van der Waals surface area contributed by atoms with Gasteiger partial charge in [0.15, 0.2) is 6.61 Å². The highest BCUT2D eigenvalue weighted by atomic mass is 16.6. The van der Waals surface area contributed by atoms with Gasteiger partial charge in [-0.05, 0) is 66.1 Å². The number of benzene rings is 3. The summed E-state index contributed by atoms with van der Waals surface area (Å²) in [5.41, 5.74) is 2.48. The van der Waals surface area contributed by atoms with E-state index in [-0.39, 0.29) is 13.0 Å².